The average molecular weight is 418 g/mol. The Bertz CT molecular complexity index is 1320. The van der Waals surface area contributed by atoms with Gasteiger partial charge in [-0.3, -0.25) is 9.69 Å². The first-order valence-electron chi connectivity index (χ1n) is 8.92. The number of rotatable bonds is 4. The highest BCUT2D eigenvalue weighted by Gasteiger charge is 2.34. The van der Waals surface area contributed by atoms with Crippen LogP contribution in [-0.4, -0.2) is 26.9 Å². The zero-order valence-corrected chi connectivity index (χ0v) is 16.4. The van der Waals surface area contributed by atoms with Gasteiger partial charge < -0.3 is 15.8 Å². The van der Waals surface area contributed by atoms with Crippen molar-refractivity contribution in [1.29, 1.82) is 0 Å². The molecule has 4 heterocycles. The Balaban J connectivity index is 1.62. The molecule has 0 saturated carbocycles. The molecule has 3 amide bonds. The lowest BCUT2D eigenvalue weighted by Gasteiger charge is -2.28. The number of ether oxygens (including phenoxy) is 1. The van der Waals surface area contributed by atoms with Crippen molar-refractivity contribution in [1.82, 2.24) is 15.0 Å². The summed E-state index contributed by atoms with van der Waals surface area (Å²) in [7, 11) is 0. The summed E-state index contributed by atoms with van der Waals surface area (Å²) in [5.41, 5.74) is 7.46. The summed E-state index contributed by atoms with van der Waals surface area (Å²) in [5.74, 6) is -0.0443. The molecule has 1 aromatic carbocycles. The molecule has 0 atom stereocenters. The Labute approximate surface area is 174 Å². The van der Waals surface area contributed by atoms with E-state index in [1.165, 1.54) is 11.1 Å². The number of nitrogens with zero attached hydrogens (tertiary/aromatic N) is 4. The van der Waals surface area contributed by atoms with E-state index >= 15 is 0 Å². The number of carbonyl (C=O) groups excluding carboxylic acids is 2. The van der Waals surface area contributed by atoms with Crippen LogP contribution < -0.4 is 20.7 Å². The third-order valence-corrected chi connectivity index (χ3v) is 5.69. The van der Waals surface area contributed by atoms with Gasteiger partial charge >= 0.3 is 12.0 Å². The van der Waals surface area contributed by atoms with Crippen LogP contribution >= 0.6 is 11.3 Å². The number of anilines is 3. The number of hydrogen-bond acceptors (Lipinski definition) is 7. The quantitative estimate of drug-likeness (QED) is 0.517. The molecule has 4 aromatic rings. The number of amides is 3. The van der Waals surface area contributed by atoms with Gasteiger partial charge in [0.1, 0.15) is 15.5 Å². The van der Waals surface area contributed by atoms with Gasteiger partial charge in [0.2, 0.25) is 0 Å². The van der Waals surface area contributed by atoms with Crippen molar-refractivity contribution >= 4 is 50.6 Å². The maximum absolute atomic E-state index is 13.0. The minimum absolute atomic E-state index is 0.146. The van der Waals surface area contributed by atoms with E-state index in [2.05, 4.69) is 20.3 Å². The van der Waals surface area contributed by atoms with Gasteiger partial charge in [0.05, 0.1) is 34.3 Å². The number of para-hydroxylation sites is 1. The van der Waals surface area contributed by atoms with Crippen molar-refractivity contribution in [2.45, 2.75) is 6.92 Å². The van der Waals surface area contributed by atoms with Gasteiger partial charge in [-0.05, 0) is 25.1 Å². The topological polar surface area (TPSA) is 123 Å². The predicted octanol–water partition coefficient (Wildman–Crippen LogP) is 3.97. The molecular weight excluding hydrogens is 404 g/mol. The molecule has 1 aliphatic rings. The molecule has 30 heavy (non-hydrogen) atoms. The number of nitrogens with one attached hydrogen (secondary N) is 1. The Morgan fingerprint density at radius 2 is 2.00 bits per heavy atom. The zero-order valence-electron chi connectivity index (χ0n) is 15.6. The molecule has 0 saturated heterocycles. The van der Waals surface area contributed by atoms with Crippen LogP contribution in [0.5, 0.6) is 11.8 Å². The van der Waals surface area contributed by atoms with Gasteiger partial charge in [0, 0.05) is 6.20 Å². The van der Waals surface area contributed by atoms with Gasteiger partial charge in [-0.2, -0.15) is 4.98 Å². The van der Waals surface area contributed by atoms with Crippen molar-refractivity contribution in [2.24, 2.45) is 5.73 Å². The molecule has 3 N–H and O–H groups in total. The molecule has 0 fully saturated rings. The molecular formula is C20H14N6O3S. The van der Waals surface area contributed by atoms with Crippen molar-refractivity contribution < 1.29 is 14.3 Å². The van der Waals surface area contributed by atoms with Crippen LogP contribution in [0.2, 0.25) is 0 Å². The van der Waals surface area contributed by atoms with Crippen LogP contribution in [0.3, 0.4) is 0 Å². The molecule has 5 rings (SSSR count). The number of carbonyl (C=O) groups is 2. The second-order valence-corrected chi connectivity index (χ2v) is 7.49. The molecule has 0 radical (unpaired) electrons. The zero-order chi connectivity index (χ0) is 20.8. The first-order chi connectivity index (χ1) is 14.5. The number of aryl methyl sites for hydroxylation is 1. The average Bonchev–Trinajstić information content (AvgIpc) is 3.11. The maximum Gasteiger partial charge on any atom is 0.331 e. The molecule has 1 aliphatic heterocycles. The van der Waals surface area contributed by atoms with Crippen LogP contribution in [0, 0.1) is 6.92 Å². The van der Waals surface area contributed by atoms with E-state index in [-0.39, 0.29) is 10.9 Å². The third kappa shape index (κ3) is 2.81. The number of hydrogen-bond donors (Lipinski definition) is 2. The monoisotopic (exact) mass is 418 g/mol. The Morgan fingerprint density at radius 1 is 1.20 bits per heavy atom. The lowest BCUT2D eigenvalue weighted by Crippen LogP contribution is -2.35. The second kappa shape index (κ2) is 6.78. The molecule has 0 bridgehead atoms. The SMILES string of the molecule is Cc1nc(Oc2ccccc2)ncc1N1C(=O)Nc2ccnc3sc(C(N)=O)c1c23. The molecule has 0 unspecified atom stereocenters. The smallest absolute Gasteiger partial charge is 0.331 e. The van der Waals surface area contributed by atoms with Gasteiger partial charge in [-0.15, -0.1) is 11.3 Å². The van der Waals surface area contributed by atoms with Crippen LogP contribution in [0.15, 0.2) is 48.8 Å². The van der Waals surface area contributed by atoms with Crippen LogP contribution in [0.4, 0.5) is 21.9 Å². The summed E-state index contributed by atoms with van der Waals surface area (Å²) in [6, 6.07) is 10.5. The normalized spacial score (nSPS) is 12.7. The minimum atomic E-state index is -0.638. The van der Waals surface area contributed by atoms with E-state index in [1.54, 1.807) is 31.3 Å². The summed E-state index contributed by atoms with van der Waals surface area (Å²) in [6.07, 6.45) is 3.05. The van der Waals surface area contributed by atoms with Gasteiger partial charge in [0.25, 0.3) is 5.91 Å². The number of urea groups is 1. The number of benzene rings is 1. The highest BCUT2D eigenvalue weighted by molar-refractivity contribution is 7.21. The Morgan fingerprint density at radius 3 is 2.73 bits per heavy atom. The third-order valence-electron chi connectivity index (χ3n) is 4.58. The summed E-state index contributed by atoms with van der Waals surface area (Å²) in [5, 5.41) is 3.47. The van der Waals surface area contributed by atoms with E-state index in [0.717, 1.165) is 11.3 Å². The van der Waals surface area contributed by atoms with E-state index in [9.17, 15) is 9.59 Å². The minimum Gasteiger partial charge on any atom is -0.424 e. The number of aromatic nitrogens is 3. The molecule has 0 spiro atoms. The fourth-order valence-corrected chi connectivity index (χ4v) is 4.30. The lowest BCUT2D eigenvalue weighted by atomic mass is 10.1. The molecule has 148 valence electrons. The number of thiophene rings is 1. The van der Waals surface area contributed by atoms with Crippen LogP contribution in [-0.2, 0) is 0 Å². The van der Waals surface area contributed by atoms with E-state index in [1.807, 2.05) is 18.2 Å². The Kier molecular flexibility index (Phi) is 4.07. The van der Waals surface area contributed by atoms with Crippen molar-refractivity contribution in [3.8, 4) is 11.8 Å². The van der Waals surface area contributed by atoms with Crippen molar-refractivity contribution in [3.05, 3.63) is 59.4 Å². The van der Waals surface area contributed by atoms with Gasteiger partial charge in [-0.25, -0.2) is 14.8 Å². The van der Waals surface area contributed by atoms with Gasteiger partial charge in [0.15, 0.2) is 0 Å². The molecule has 3 aromatic heterocycles. The summed E-state index contributed by atoms with van der Waals surface area (Å²) in [6.45, 7) is 1.73. The van der Waals surface area contributed by atoms with Gasteiger partial charge in [-0.1, -0.05) is 18.2 Å². The number of nitrogens with two attached hydrogens (primary N) is 1. The molecule has 10 heteroatoms. The number of primary amides is 1. The van der Waals surface area contributed by atoms with Crippen LogP contribution in [0.25, 0.3) is 10.2 Å². The first kappa shape index (κ1) is 18.0. The summed E-state index contributed by atoms with van der Waals surface area (Å²) >= 11 is 1.14. The molecule has 0 aliphatic carbocycles. The standard InChI is InChI=1S/C20H14N6O3S/c1-10-13(9-23-19(24-10)29-11-5-3-2-4-6-11)26-15-14-12(25-20(26)28)7-8-22-18(14)30-16(15)17(21)27/h2-9H,1H3,(H2,21,27)(H,25,28). The largest absolute Gasteiger partial charge is 0.424 e. The maximum atomic E-state index is 13.0. The first-order valence-corrected chi connectivity index (χ1v) is 9.73. The fraction of sp³-hybridized carbons (Fsp3) is 0.0500. The highest BCUT2D eigenvalue weighted by atomic mass is 32.1. The predicted molar refractivity (Wildman–Crippen MR) is 113 cm³/mol. The van der Waals surface area contributed by atoms with E-state index < -0.39 is 11.9 Å². The highest BCUT2D eigenvalue weighted by Crippen LogP contribution is 2.47. The van der Waals surface area contributed by atoms with Crippen molar-refractivity contribution in [3.63, 3.8) is 0 Å². The van der Waals surface area contributed by atoms with Crippen LogP contribution in [0.1, 0.15) is 15.4 Å². The summed E-state index contributed by atoms with van der Waals surface area (Å²) in [4.78, 5) is 40.2. The number of pyridine rings is 1. The lowest BCUT2D eigenvalue weighted by molar-refractivity contribution is 0.100. The summed E-state index contributed by atoms with van der Waals surface area (Å²) < 4.78 is 5.67. The fourth-order valence-electron chi connectivity index (χ4n) is 3.30. The van der Waals surface area contributed by atoms with E-state index in [0.29, 0.717) is 38.7 Å². The second-order valence-electron chi connectivity index (χ2n) is 6.49. The molecule has 9 nitrogen and oxygen atoms in total. The Hall–Kier alpha value is -4.05. The van der Waals surface area contributed by atoms with E-state index in [4.69, 9.17) is 10.5 Å². The van der Waals surface area contributed by atoms with Crippen molar-refractivity contribution in [2.75, 3.05) is 10.2 Å².